The highest BCUT2D eigenvalue weighted by Gasteiger charge is 2.53. The Morgan fingerprint density at radius 1 is 1.18 bits per heavy atom. The van der Waals surface area contributed by atoms with Crippen LogP contribution in [0.5, 0.6) is 0 Å². The van der Waals surface area contributed by atoms with E-state index < -0.39 is 5.97 Å². The van der Waals surface area contributed by atoms with E-state index in [-0.39, 0.29) is 36.4 Å². The van der Waals surface area contributed by atoms with Crippen molar-refractivity contribution in [3.63, 3.8) is 0 Å². The molecule has 7 heteroatoms. The van der Waals surface area contributed by atoms with Crippen LogP contribution < -0.4 is 10.6 Å². The lowest BCUT2D eigenvalue weighted by Gasteiger charge is -2.59. The highest BCUT2D eigenvalue weighted by Crippen LogP contribution is 2.61. The van der Waals surface area contributed by atoms with Crippen molar-refractivity contribution >= 4 is 29.1 Å². The molecule has 1 heterocycles. The van der Waals surface area contributed by atoms with Crippen LogP contribution in [0.25, 0.3) is 0 Å². The molecule has 4 aliphatic rings. The summed E-state index contributed by atoms with van der Waals surface area (Å²) in [5, 5.41) is 7.38. The molecule has 0 radical (unpaired) electrons. The summed E-state index contributed by atoms with van der Waals surface area (Å²) in [5.74, 6) is 1.30. The maximum Gasteiger partial charge on any atom is 0.325 e. The second-order valence-electron chi connectivity index (χ2n) is 8.89. The lowest BCUT2D eigenvalue weighted by atomic mass is 9.48. The third-order valence-corrected chi connectivity index (χ3v) is 7.75. The SMILES string of the molecule is C[C@H](NC(=O)COC(=O)CNC(=O)c1cccs1)C12CC3CC(CC(C3)C1)C2. The number of esters is 1. The smallest absolute Gasteiger partial charge is 0.325 e. The van der Waals surface area contributed by atoms with Crippen molar-refractivity contribution in [3.05, 3.63) is 22.4 Å². The van der Waals surface area contributed by atoms with Crippen molar-refractivity contribution in [1.82, 2.24) is 10.6 Å². The highest BCUT2D eigenvalue weighted by molar-refractivity contribution is 7.12. The predicted octanol–water partition coefficient (Wildman–Crippen LogP) is 2.74. The Kier molecular flexibility index (Phi) is 5.45. The monoisotopic (exact) mass is 404 g/mol. The third kappa shape index (κ3) is 4.09. The highest BCUT2D eigenvalue weighted by atomic mass is 32.1. The van der Waals surface area contributed by atoms with Crippen molar-refractivity contribution < 1.29 is 19.1 Å². The van der Waals surface area contributed by atoms with Gasteiger partial charge in [0.1, 0.15) is 6.54 Å². The standard InChI is InChI=1S/C21H28N2O4S/c1-13(21-8-14-5-15(9-21)7-16(6-14)10-21)23-18(24)12-27-19(25)11-22-20(26)17-3-2-4-28-17/h2-4,13-16H,5-12H2,1H3,(H,22,26)(H,23,24)/t13-,14?,15?,16?,21?/m0/s1. The molecule has 2 amide bonds. The van der Waals surface area contributed by atoms with Gasteiger partial charge >= 0.3 is 5.97 Å². The van der Waals surface area contributed by atoms with Crippen molar-refractivity contribution in [1.29, 1.82) is 0 Å². The molecular weight excluding hydrogens is 376 g/mol. The summed E-state index contributed by atoms with van der Waals surface area (Å²) in [5.41, 5.74) is 0.225. The minimum absolute atomic E-state index is 0.102. The van der Waals surface area contributed by atoms with E-state index >= 15 is 0 Å². The van der Waals surface area contributed by atoms with Crippen molar-refractivity contribution in [3.8, 4) is 0 Å². The van der Waals surface area contributed by atoms with Gasteiger partial charge in [-0.3, -0.25) is 14.4 Å². The lowest BCUT2D eigenvalue weighted by Crippen LogP contribution is -2.56. The molecule has 4 fully saturated rings. The average molecular weight is 405 g/mol. The maximum absolute atomic E-state index is 12.3. The first-order chi connectivity index (χ1) is 13.4. The Hall–Kier alpha value is -1.89. The number of nitrogens with one attached hydrogen (secondary N) is 2. The quantitative estimate of drug-likeness (QED) is 0.685. The molecule has 2 N–H and O–H groups in total. The van der Waals surface area contributed by atoms with Gasteiger partial charge < -0.3 is 15.4 Å². The zero-order valence-electron chi connectivity index (χ0n) is 16.2. The first kappa shape index (κ1) is 19.4. The summed E-state index contributed by atoms with van der Waals surface area (Å²) < 4.78 is 5.03. The number of rotatable bonds is 7. The molecule has 28 heavy (non-hydrogen) atoms. The molecule has 0 saturated heterocycles. The average Bonchev–Trinajstić information content (AvgIpc) is 3.18. The topological polar surface area (TPSA) is 84.5 Å². The van der Waals surface area contributed by atoms with Crippen molar-refractivity contribution in [2.75, 3.05) is 13.2 Å². The van der Waals surface area contributed by atoms with Crippen LogP contribution in [0.1, 0.15) is 55.1 Å². The van der Waals surface area contributed by atoms with Gasteiger partial charge in [-0.25, -0.2) is 0 Å². The Bertz CT molecular complexity index is 710. The largest absolute Gasteiger partial charge is 0.454 e. The number of carbonyl (C=O) groups excluding carboxylic acids is 3. The van der Waals surface area contributed by atoms with Gasteiger partial charge in [-0.2, -0.15) is 0 Å². The first-order valence-electron chi connectivity index (χ1n) is 10.2. The van der Waals surface area contributed by atoms with Gasteiger partial charge in [-0.15, -0.1) is 11.3 Å². The summed E-state index contributed by atoms with van der Waals surface area (Å²) >= 11 is 1.30. The van der Waals surface area contributed by atoms with Gasteiger partial charge in [-0.1, -0.05) is 6.07 Å². The van der Waals surface area contributed by atoms with Gasteiger partial charge in [-0.05, 0) is 80.1 Å². The number of amides is 2. The molecule has 0 aliphatic heterocycles. The van der Waals surface area contributed by atoms with E-state index in [4.69, 9.17) is 4.74 Å². The van der Waals surface area contributed by atoms with Gasteiger partial charge in [0, 0.05) is 6.04 Å². The fourth-order valence-corrected chi connectivity index (χ4v) is 6.63. The summed E-state index contributed by atoms with van der Waals surface area (Å²) in [4.78, 5) is 36.5. The first-order valence-corrected chi connectivity index (χ1v) is 11.1. The number of hydrogen-bond acceptors (Lipinski definition) is 5. The second kappa shape index (κ2) is 7.85. The molecule has 1 aromatic heterocycles. The van der Waals surface area contributed by atoms with E-state index in [0.29, 0.717) is 4.88 Å². The van der Waals surface area contributed by atoms with Crippen LogP contribution in [0.2, 0.25) is 0 Å². The van der Waals surface area contributed by atoms with Crippen molar-refractivity contribution in [2.24, 2.45) is 23.2 Å². The Balaban J connectivity index is 1.20. The molecule has 0 spiro atoms. The van der Waals surface area contributed by atoms with E-state index in [1.165, 1.54) is 49.9 Å². The Morgan fingerprint density at radius 2 is 1.82 bits per heavy atom. The number of thiophene rings is 1. The predicted molar refractivity (Wildman–Crippen MR) is 106 cm³/mol. The van der Waals surface area contributed by atoms with Crippen LogP contribution in [0, 0.1) is 23.2 Å². The molecule has 4 aliphatic carbocycles. The molecule has 4 saturated carbocycles. The molecule has 1 aromatic rings. The number of hydrogen-bond donors (Lipinski definition) is 2. The molecule has 1 atom stereocenters. The molecule has 152 valence electrons. The molecular formula is C21H28N2O4S. The Morgan fingerprint density at radius 3 is 2.39 bits per heavy atom. The number of ether oxygens (including phenoxy) is 1. The van der Waals surface area contributed by atoms with E-state index in [9.17, 15) is 14.4 Å². The molecule has 0 aromatic carbocycles. The summed E-state index contributed by atoms with van der Waals surface area (Å²) in [6.45, 7) is 1.56. The van der Waals surface area contributed by atoms with Crippen LogP contribution in [-0.4, -0.2) is 37.0 Å². The zero-order chi connectivity index (χ0) is 19.7. The molecule has 0 unspecified atom stereocenters. The fourth-order valence-electron chi connectivity index (χ4n) is 5.99. The van der Waals surface area contributed by atoms with Crippen LogP contribution in [0.4, 0.5) is 0 Å². The molecule has 4 bridgehead atoms. The lowest BCUT2D eigenvalue weighted by molar-refractivity contribution is -0.148. The molecule has 5 rings (SSSR count). The maximum atomic E-state index is 12.3. The van der Waals surface area contributed by atoms with Gasteiger partial charge in [0.05, 0.1) is 4.88 Å². The minimum atomic E-state index is -0.609. The zero-order valence-corrected chi connectivity index (χ0v) is 17.1. The minimum Gasteiger partial charge on any atom is -0.454 e. The van der Waals surface area contributed by atoms with E-state index in [0.717, 1.165) is 17.8 Å². The normalized spacial score (nSPS) is 31.2. The van der Waals surface area contributed by atoms with E-state index in [1.54, 1.807) is 17.5 Å². The van der Waals surface area contributed by atoms with Gasteiger partial charge in [0.15, 0.2) is 6.61 Å². The van der Waals surface area contributed by atoms with Gasteiger partial charge in [0.2, 0.25) is 0 Å². The third-order valence-electron chi connectivity index (χ3n) is 6.88. The van der Waals surface area contributed by atoms with Crippen LogP contribution in [-0.2, 0) is 14.3 Å². The summed E-state index contributed by atoms with van der Waals surface area (Å²) in [6.07, 6.45) is 7.76. The van der Waals surface area contributed by atoms with Crippen LogP contribution >= 0.6 is 11.3 Å². The van der Waals surface area contributed by atoms with Crippen LogP contribution in [0.3, 0.4) is 0 Å². The summed E-state index contributed by atoms with van der Waals surface area (Å²) in [7, 11) is 0. The van der Waals surface area contributed by atoms with E-state index in [2.05, 4.69) is 17.6 Å². The summed E-state index contributed by atoms with van der Waals surface area (Å²) in [6, 6.07) is 3.56. The van der Waals surface area contributed by atoms with Gasteiger partial charge in [0.25, 0.3) is 11.8 Å². The number of carbonyl (C=O) groups is 3. The second-order valence-corrected chi connectivity index (χ2v) is 9.84. The Labute approximate surface area is 169 Å². The molecule has 6 nitrogen and oxygen atoms in total. The van der Waals surface area contributed by atoms with Crippen LogP contribution in [0.15, 0.2) is 17.5 Å². The van der Waals surface area contributed by atoms with E-state index in [1.807, 2.05) is 0 Å². The fraction of sp³-hybridized carbons (Fsp3) is 0.667. The van der Waals surface area contributed by atoms with Crippen molar-refractivity contribution in [2.45, 2.75) is 51.5 Å².